The predicted molar refractivity (Wildman–Crippen MR) is 102 cm³/mol. The Morgan fingerprint density at radius 3 is 2.44 bits per heavy atom. The Bertz CT molecular complexity index is 791. The molecule has 1 fully saturated rings. The molecule has 3 unspecified atom stereocenters. The van der Waals surface area contributed by atoms with Gasteiger partial charge in [-0.1, -0.05) is 60.7 Å². The maximum atomic E-state index is 4.01. The summed E-state index contributed by atoms with van der Waals surface area (Å²) in [5.74, 6) is 1.05. The second-order valence-corrected chi connectivity index (χ2v) is 7.77. The highest BCUT2D eigenvalue weighted by Gasteiger charge is 2.49. The quantitative estimate of drug-likeness (QED) is 0.549. The summed E-state index contributed by atoms with van der Waals surface area (Å²) in [6.45, 7) is 5.20. The molecule has 25 heavy (non-hydrogen) atoms. The van der Waals surface area contributed by atoms with Crippen LogP contribution in [0.2, 0.25) is 0 Å². The second kappa shape index (κ2) is 6.93. The zero-order chi connectivity index (χ0) is 16.7. The molecule has 0 bridgehead atoms. The molecule has 2 aromatic rings. The number of likely N-dealkylation sites (N-methyl/N-ethyl adjacent to an activating group) is 1. The third kappa shape index (κ3) is 3.02. The van der Waals surface area contributed by atoms with E-state index in [0.717, 1.165) is 10.9 Å². The Morgan fingerprint density at radius 1 is 1.04 bits per heavy atom. The van der Waals surface area contributed by atoms with Crippen molar-refractivity contribution in [1.82, 2.24) is 0 Å². The molecule has 0 radical (unpaired) electrons. The highest BCUT2D eigenvalue weighted by Crippen LogP contribution is 2.50. The molecule has 3 atom stereocenters. The first kappa shape index (κ1) is 18.2. The van der Waals surface area contributed by atoms with Crippen LogP contribution in [0.4, 0.5) is 0 Å². The lowest BCUT2D eigenvalue weighted by molar-refractivity contribution is -0.900. The summed E-state index contributed by atoms with van der Waals surface area (Å²) in [6.07, 6.45) is 5.62. The van der Waals surface area contributed by atoms with Crippen LogP contribution in [-0.2, 0) is 0 Å². The fourth-order valence-electron chi connectivity index (χ4n) is 4.86. The number of nitrogens with zero attached hydrogens (tertiary/aromatic N) is 1. The van der Waals surface area contributed by atoms with Gasteiger partial charge < -0.3 is 21.5 Å². The predicted octanol–water partition coefficient (Wildman–Crippen LogP) is 1.87. The molecule has 4 rings (SSSR count). The number of benzene rings is 2. The summed E-state index contributed by atoms with van der Waals surface area (Å²) in [5, 5.41) is 0. The van der Waals surface area contributed by atoms with Gasteiger partial charge in [0, 0.05) is 18.3 Å². The van der Waals surface area contributed by atoms with E-state index in [-0.39, 0.29) is 17.0 Å². The van der Waals surface area contributed by atoms with Crippen molar-refractivity contribution in [2.75, 3.05) is 20.6 Å². The van der Waals surface area contributed by atoms with Crippen molar-refractivity contribution in [3.8, 4) is 0 Å². The van der Waals surface area contributed by atoms with Gasteiger partial charge in [0.2, 0.25) is 0 Å². The second-order valence-electron chi connectivity index (χ2n) is 7.77. The highest BCUT2D eigenvalue weighted by atomic mass is 79.9. The molecular formula is C23H26BrN. The van der Waals surface area contributed by atoms with Gasteiger partial charge in [-0.3, -0.25) is 0 Å². The standard InChI is InChI=1S/C23H26N.BrH/c1-4-10-22-20-15-18-13-8-9-14-19(18)23(17-11-6-5-7-12-17)21(20)16-24(22,2)3;/h4-9,11-15,21-23H,1,10,16H2,2-3H3;1H/q+1;/p-1. The van der Waals surface area contributed by atoms with E-state index < -0.39 is 0 Å². The fourth-order valence-corrected chi connectivity index (χ4v) is 4.86. The number of halogens is 1. The highest BCUT2D eigenvalue weighted by molar-refractivity contribution is 5.65. The maximum absolute atomic E-state index is 4.01. The minimum absolute atomic E-state index is 0. The number of rotatable bonds is 3. The minimum atomic E-state index is 0. The molecule has 1 saturated heterocycles. The van der Waals surface area contributed by atoms with Crippen molar-refractivity contribution in [3.63, 3.8) is 0 Å². The summed E-state index contributed by atoms with van der Waals surface area (Å²) in [4.78, 5) is 0. The first-order chi connectivity index (χ1) is 11.6. The zero-order valence-electron chi connectivity index (χ0n) is 15.0. The van der Waals surface area contributed by atoms with Crippen molar-refractivity contribution < 1.29 is 21.5 Å². The minimum Gasteiger partial charge on any atom is -1.00 e. The summed E-state index contributed by atoms with van der Waals surface area (Å²) in [7, 11) is 4.75. The number of quaternary nitrogens is 1. The Kier molecular flexibility index (Phi) is 5.04. The van der Waals surface area contributed by atoms with Crippen LogP contribution in [-0.4, -0.2) is 31.2 Å². The Morgan fingerprint density at radius 2 is 1.72 bits per heavy atom. The molecule has 2 aliphatic rings. The zero-order valence-corrected chi connectivity index (χ0v) is 16.6. The van der Waals surface area contributed by atoms with Crippen LogP contribution >= 0.6 is 0 Å². The van der Waals surface area contributed by atoms with Crippen molar-refractivity contribution in [1.29, 1.82) is 0 Å². The number of hydrogen-bond acceptors (Lipinski definition) is 0. The maximum Gasteiger partial charge on any atom is 0.115 e. The topological polar surface area (TPSA) is 0 Å². The molecule has 130 valence electrons. The van der Waals surface area contributed by atoms with Crippen molar-refractivity contribution in [3.05, 3.63) is 89.5 Å². The first-order valence-corrected chi connectivity index (χ1v) is 8.91. The number of fused-ring (bicyclic) bond motifs is 2. The molecule has 0 saturated carbocycles. The average molecular weight is 396 g/mol. The molecular weight excluding hydrogens is 370 g/mol. The van der Waals surface area contributed by atoms with Gasteiger partial charge in [-0.25, -0.2) is 0 Å². The summed E-state index contributed by atoms with van der Waals surface area (Å²) >= 11 is 0. The molecule has 1 nitrogen and oxygen atoms in total. The lowest BCUT2D eigenvalue weighted by Crippen LogP contribution is -3.00. The molecule has 0 aromatic heterocycles. The van der Waals surface area contributed by atoms with Crippen LogP contribution < -0.4 is 17.0 Å². The third-order valence-electron chi connectivity index (χ3n) is 5.93. The van der Waals surface area contributed by atoms with E-state index >= 15 is 0 Å². The van der Waals surface area contributed by atoms with Gasteiger partial charge in [-0.2, -0.15) is 0 Å². The molecule has 2 aromatic carbocycles. The Balaban J connectivity index is 0.00000182. The van der Waals surface area contributed by atoms with E-state index in [4.69, 9.17) is 0 Å². The normalized spacial score (nSPS) is 26.0. The molecule has 1 aliphatic heterocycles. The lowest BCUT2D eigenvalue weighted by atomic mass is 9.71. The van der Waals surface area contributed by atoms with Gasteiger partial charge >= 0.3 is 0 Å². The summed E-state index contributed by atoms with van der Waals surface area (Å²) in [5.41, 5.74) is 5.94. The Labute approximate surface area is 162 Å². The van der Waals surface area contributed by atoms with Crippen LogP contribution in [0, 0.1) is 5.92 Å². The van der Waals surface area contributed by atoms with Gasteiger partial charge in [-0.05, 0) is 28.3 Å². The van der Waals surface area contributed by atoms with Gasteiger partial charge in [-0.15, -0.1) is 6.58 Å². The molecule has 1 aliphatic carbocycles. The molecule has 1 heterocycles. The Hall–Kier alpha value is -1.64. The summed E-state index contributed by atoms with van der Waals surface area (Å²) < 4.78 is 1.06. The summed E-state index contributed by atoms with van der Waals surface area (Å²) in [6, 6.07) is 20.5. The monoisotopic (exact) mass is 395 g/mol. The van der Waals surface area contributed by atoms with Crippen LogP contribution in [0.3, 0.4) is 0 Å². The van der Waals surface area contributed by atoms with E-state index in [2.05, 4.69) is 87.4 Å². The third-order valence-corrected chi connectivity index (χ3v) is 5.93. The van der Waals surface area contributed by atoms with E-state index in [9.17, 15) is 0 Å². The fraction of sp³-hybridized carbons (Fsp3) is 0.304. The van der Waals surface area contributed by atoms with Crippen LogP contribution in [0.25, 0.3) is 6.08 Å². The average Bonchev–Trinajstić information content (AvgIpc) is 2.84. The first-order valence-electron chi connectivity index (χ1n) is 8.91. The van der Waals surface area contributed by atoms with Crippen molar-refractivity contribution >= 4 is 6.08 Å². The van der Waals surface area contributed by atoms with Crippen LogP contribution in [0.1, 0.15) is 29.0 Å². The van der Waals surface area contributed by atoms with Gasteiger partial charge in [0.15, 0.2) is 0 Å². The van der Waals surface area contributed by atoms with Gasteiger partial charge in [0.25, 0.3) is 0 Å². The van der Waals surface area contributed by atoms with Crippen molar-refractivity contribution in [2.24, 2.45) is 5.92 Å². The smallest absolute Gasteiger partial charge is 0.115 e. The van der Waals surface area contributed by atoms with E-state index in [1.54, 1.807) is 5.57 Å². The van der Waals surface area contributed by atoms with Crippen molar-refractivity contribution in [2.45, 2.75) is 18.4 Å². The SMILES string of the molecule is C=CCC1C2=Cc3ccccc3C(c3ccccc3)C2C[N+]1(C)C.[Br-]. The van der Waals surface area contributed by atoms with Gasteiger partial charge in [0.05, 0.1) is 20.6 Å². The largest absolute Gasteiger partial charge is 1.00 e. The van der Waals surface area contributed by atoms with Gasteiger partial charge in [0.1, 0.15) is 6.04 Å². The lowest BCUT2D eigenvalue weighted by Gasteiger charge is -2.31. The van der Waals surface area contributed by atoms with E-state index in [1.807, 2.05) is 0 Å². The number of likely N-dealkylation sites (tertiary alicyclic amines) is 1. The molecule has 0 spiro atoms. The van der Waals surface area contributed by atoms with Crippen LogP contribution in [0.15, 0.2) is 72.8 Å². The van der Waals surface area contributed by atoms with E-state index in [1.165, 1.54) is 23.2 Å². The molecule has 0 N–H and O–H groups in total. The van der Waals surface area contributed by atoms with E-state index in [0.29, 0.717) is 17.9 Å². The van der Waals surface area contributed by atoms with Crippen LogP contribution in [0.5, 0.6) is 0 Å². The molecule has 0 amide bonds. The number of hydrogen-bond donors (Lipinski definition) is 0. The molecule has 2 heteroatoms.